The average Bonchev–Trinajstić information content (AvgIpc) is 2.17. The molecule has 2 bridgehead atoms. The van der Waals surface area contributed by atoms with Crippen LogP contribution in [0.5, 0.6) is 0 Å². The van der Waals surface area contributed by atoms with Crippen LogP contribution in [0.2, 0.25) is 0 Å². The molecule has 1 N–H and O–H groups in total. The molecule has 16 heavy (non-hydrogen) atoms. The standard InChI is InChI=1S/C10H16.C4H6O2/c1-7-4-5-8-6-9(7)10(8,2)3;1-3(2)4(5)6/h8H,4-6H2,1-3H3;1H2,2H3,(H,5,6). The molecule has 0 spiro atoms. The van der Waals surface area contributed by atoms with E-state index in [-0.39, 0.29) is 5.57 Å². The van der Waals surface area contributed by atoms with Crippen LogP contribution in [-0.4, -0.2) is 11.1 Å². The van der Waals surface area contributed by atoms with Crippen molar-refractivity contribution in [1.82, 2.24) is 0 Å². The largest absolute Gasteiger partial charge is 0.478 e. The molecule has 1 saturated carbocycles. The Balaban J connectivity index is 0.000000187. The highest BCUT2D eigenvalue weighted by Gasteiger charge is 2.46. The highest BCUT2D eigenvalue weighted by Crippen LogP contribution is 2.58. The smallest absolute Gasteiger partial charge is 0.330 e. The van der Waals surface area contributed by atoms with Crippen molar-refractivity contribution in [3.63, 3.8) is 0 Å². The van der Waals surface area contributed by atoms with Crippen LogP contribution in [-0.2, 0) is 4.79 Å². The Bertz CT molecular complexity index is 336. The van der Waals surface area contributed by atoms with Gasteiger partial charge in [-0.3, -0.25) is 0 Å². The lowest BCUT2D eigenvalue weighted by atomic mass is 9.52. The van der Waals surface area contributed by atoms with Crippen molar-refractivity contribution in [2.24, 2.45) is 11.3 Å². The molecule has 0 aromatic heterocycles. The van der Waals surface area contributed by atoms with Crippen LogP contribution in [0.25, 0.3) is 0 Å². The molecule has 3 aliphatic rings. The summed E-state index contributed by atoms with van der Waals surface area (Å²) in [5, 5.41) is 7.89. The van der Waals surface area contributed by atoms with Crippen LogP contribution in [0.15, 0.2) is 23.3 Å². The molecule has 0 radical (unpaired) electrons. The summed E-state index contributed by atoms with van der Waals surface area (Å²) in [6.07, 6.45) is 4.24. The number of allylic oxidation sites excluding steroid dienone is 2. The third kappa shape index (κ3) is 2.37. The molecule has 1 atom stereocenters. The number of hydrogen-bond donors (Lipinski definition) is 1. The zero-order chi connectivity index (χ0) is 12.5. The van der Waals surface area contributed by atoms with Crippen molar-refractivity contribution in [3.05, 3.63) is 23.3 Å². The Hall–Kier alpha value is -1.05. The second-order valence-corrected chi connectivity index (χ2v) is 5.51. The maximum absolute atomic E-state index is 9.60. The first kappa shape index (κ1) is 13.0. The van der Waals surface area contributed by atoms with Crippen LogP contribution in [0.1, 0.15) is 47.0 Å². The Morgan fingerprint density at radius 2 is 2.00 bits per heavy atom. The number of aliphatic carboxylic acids is 1. The van der Waals surface area contributed by atoms with E-state index in [0.717, 1.165) is 5.92 Å². The summed E-state index contributed by atoms with van der Waals surface area (Å²) in [6.45, 7) is 11.7. The number of carboxylic acids is 1. The minimum atomic E-state index is -0.935. The minimum absolute atomic E-state index is 0.176. The van der Waals surface area contributed by atoms with Gasteiger partial charge in [0.2, 0.25) is 0 Å². The molecule has 0 aromatic rings. The monoisotopic (exact) mass is 222 g/mol. The lowest BCUT2D eigenvalue weighted by Gasteiger charge is -2.52. The second-order valence-electron chi connectivity index (χ2n) is 5.51. The first-order valence-corrected chi connectivity index (χ1v) is 5.84. The van der Waals surface area contributed by atoms with Gasteiger partial charge in [-0.1, -0.05) is 31.6 Å². The van der Waals surface area contributed by atoms with Crippen LogP contribution in [0.3, 0.4) is 0 Å². The zero-order valence-corrected chi connectivity index (χ0v) is 10.8. The highest BCUT2D eigenvalue weighted by molar-refractivity contribution is 5.84. The molecule has 2 nitrogen and oxygen atoms in total. The maximum Gasteiger partial charge on any atom is 0.330 e. The van der Waals surface area contributed by atoms with Gasteiger partial charge in [0.25, 0.3) is 0 Å². The lowest BCUT2D eigenvalue weighted by molar-refractivity contribution is -0.132. The van der Waals surface area contributed by atoms with E-state index in [1.807, 2.05) is 0 Å². The van der Waals surface area contributed by atoms with Gasteiger partial charge in [0.15, 0.2) is 0 Å². The summed E-state index contributed by atoms with van der Waals surface area (Å²) in [5.74, 6) is 0.0844. The first-order chi connectivity index (χ1) is 7.26. The summed E-state index contributed by atoms with van der Waals surface area (Å²) in [7, 11) is 0. The normalized spacial score (nSPS) is 25.1. The van der Waals surface area contributed by atoms with E-state index >= 15 is 0 Å². The Morgan fingerprint density at radius 1 is 1.50 bits per heavy atom. The molecular weight excluding hydrogens is 200 g/mol. The van der Waals surface area contributed by atoms with Gasteiger partial charge in [-0.05, 0) is 44.4 Å². The Labute approximate surface area is 98.1 Å². The van der Waals surface area contributed by atoms with Gasteiger partial charge in [-0.15, -0.1) is 0 Å². The first-order valence-electron chi connectivity index (χ1n) is 5.84. The second kappa shape index (κ2) is 4.44. The Morgan fingerprint density at radius 3 is 2.19 bits per heavy atom. The quantitative estimate of drug-likeness (QED) is 0.541. The summed E-state index contributed by atoms with van der Waals surface area (Å²) in [6, 6.07) is 0. The number of hydrogen-bond acceptors (Lipinski definition) is 1. The number of carbonyl (C=O) groups is 1. The highest BCUT2D eigenvalue weighted by atomic mass is 16.4. The summed E-state index contributed by atoms with van der Waals surface area (Å²) < 4.78 is 0. The van der Waals surface area contributed by atoms with Crippen LogP contribution in [0.4, 0.5) is 0 Å². The van der Waals surface area contributed by atoms with Gasteiger partial charge in [-0.25, -0.2) is 4.79 Å². The number of fused-ring (bicyclic) bond motifs is 2. The molecule has 0 heterocycles. The van der Waals surface area contributed by atoms with Crippen LogP contribution < -0.4 is 0 Å². The van der Waals surface area contributed by atoms with Crippen molar-refractivity contribution in [2.75, 3.05) is 0 Å². The Kier molecular flexibility index (Phi) is 3.61. The summed E-state index contributed by atoms with van der Waals surface area (Å²) in [5.41, 5.74) is 4.22. The zero-order valence-electron chi connectivity index (χ0n) is 10.8. The molecule has 1 fully saturated rings. The van der Waals surface area contributed by atoms with Crippen molar-refractivity contribution in [1.29, 1.82) is 0 Å². The van der Waals surface area contributed by atoms with E-state index < -0.39 is 5.97 Å². The molecule has 1 unspecified atom stereocenters. The molecule has 0 amide bonds. The summed E-state index contributed by atoms with van der Waals surface area (Å²) in [4.78, 5) is 9.60. The fourth-order valence-corrected chi connectivity index (χ4v) is 2.61. The molecular formula is C14H22O2. The fraction of sp³-hybridized carbons (Fsp3) is 0.643. The molecule has 0 aromatic carbocycles. The van der Waals surface area contributed by atoms with Crippen LogP contribution in [0, 0.1) is 11.3 Å². The molecule has 90 valence electrons. The molecule has 2 heteroatoms. The van der Waals surface area contributed by atoms with Gasteiger partial charge in [0, 0.05) is 5.57 Å². The molecule has 0 aliphatic heterocycles. The number of carboxylic acid groups (broad SMARTS) is 1. The van der Waals surface area contributed by atoms with Gasteiger partial charge in [-0.2, -0.15) is 0 Å². The molecule has 3 rings (SSSR count). The number of rotatable bonds is 1. The van der Waals surface area contributed by atoms with Gasteiger partial charge < -0.3 is 5.11 Å². The predicted molar refractivity (Wildman–Crippen MR) is 66.3 cm³/mol. The SMILES string of the molecule is C=C(C)C(=O)O.CC1=C2CC(CC1)C2(C)C. The minimum Gasteiger partial charge on any atom is -0.478 e. The summed E-state index contributed by atoms with van der Waals surface area (Å²) >= 11 is 0. The van der Waals surface area contributed by atoms with E-state index in [9.17, 15) is 4.79 Å². The van der Waals surface area contributed by atoms with Gasteiger partial charge >= 0.3 is 5.97 Å². The van der Waals surface area contributed by atoms with Crippen LogP contribution >= 0.6 is 0 Å². The maximum atomic E-state index is 9.60. The van der Waals surface area contributed by atoms with E-state index in [1.165, 1.54) is 26.2 Å². The lowest BCUT2D eigenvalue weighted by Crippen LogP contribution is -2.41. The average molecular weight is 222 g/mol. The van der Waals surface area contributed by atoms with Crippen molar-refractivity contribution >= 4 is 5.97 Å². The third-order valence-corrected chi connectivity index (χ3v) is 4.00. The van der Waals surface area contributed by atoms with Gasteiger partial charge in [0.05, 0.1) is 0 Å². The topological polar surface area (TPSA) is 37.3 Å². The van der Waals surface area contributed by atoms with Crippen molar-refractivity contribution in [3.8, 4) is 0 Å². The molecule has 3 aliphatic carbocycles. The fourth-order valence-electron chi connectivity index (χ4n) is 2.61. The van der Waals surface area contributed by atoms with Crippen molar-refractivity contribution in [2.45, 2.75) is 47.0 Å². The van der Waals surface area contributed by atoms with E-state index in [0.29, 0.717) is 5.41 Å². The predicted octanol–water partition coefficient (Wildman–Crippen LogP) is 3.79. The third-order valence-electron chi connectivity index (χ3n) is 4.00. The molecule has 0 saturated heterocycles. The van der Waals surface area contributed by atoms with E-state index in [2.05, 4.69) is 27.4 Å². The van der Waals surface area contributed by atoms with E-state index in [4.69, 9.17) is 5.11 Å². The van der Waals surface area contributed by atoms with Crippen molar-refractivity contribution < 1.29 is 9.90 Å². The van der Waals surface area contributed by atoms with Gasteiger partial charge in [0.1, 0.15) is 0 Å². The van der Waals surface area contributed by atoms with E-state index in [1.54, 1.807) is 11.1 Å².